The molecule has 1 aliphatic carbocycles. The van der Waals surface area contributed by atoms with Crippen LogP contribution in [0.2, 0.25) is 0 Å². The molecule has 0 aliphatic heterocycles. The zero-order chi connectivity index (χ0) is 17.9. The maximum Gasteiger partial charge on any atom is 0.326 e. The van der Waals surface area contributed by atoms with Crippen molar-refractivity contribution in [3.63, 3.8) is 0 Å². The van der Waals surface area contributed by atoms with Gasteiger partial charge in [-0.15, -0.1) is 0 Å². The third-order valence-corrected chi connectivity index (χ3v) is 5.35. The Morgan fingerprint density at radius 1 is 1.00 bits per heavy atom. The van der Waals surface area contributed by atoms with Gasteiger partial charge in [0.05, 0.1) is 11.0 Å². The lowest BCUT2D eigenvalue weighted by atomic mass is 9.82. The quantitative estimate of drug-likeness (QED) is 0.760. The van der Waals surface area contributed by atoms with Crippen molar-refractivity contribution in [3.8, 4) is 0 Å². The Hall–Kier alpha value is -2.82. The van der Waals surface area contributed by atoms with Crippen molar-refractivity contribution in [2.45, 2.75) is 44.2 Å². The topological polar surface area (TPSA) is 66.9 Å². The number of aromatic amines is 1. The lowest BCUT2D eigenvalue weighted by molar-refractivity contribution is -0.122. The largest absolute Gasteiger partial charge is 0.352 e. The van der Waals surface area contributed by atoms with Gasteiger partial charge in [0.1, 0.15) is 6.54 Å². The lowest BCUT2D eigenvalue weighted by Gasteiger charge is -2.29. The zero-order valence-electron chi connectivity index (χ0n) is 14.7. The van der Waals surface area contributed by atoms with Crippen LogP contribution in [0.3, 0.4) is 0 Å². The smallest absolute Gasteiger partial charge is 0.326 e. The molecule has 1 heterocycles. The SMILES string of the molecule is O=C(Cn1c(=O)[nH]c2ccccc21)NC1CCC(c2ccccc2)CC1. The maximum atomic E-state index is 12.4. The number of hydrogen-bond acceptors (Lipinski definition) is 2. The molecule has 4 rings (SSSR count). The predicted molar refractivity (Wildman–Crippen MR) is 102 cm³/mol. The monoisotopic (exact) mass is 349 g/mol. The molecule has 0 radical (unpaired) electrons. The van der Waals surface area contributed by atoms with Crippen LogP contribution in [-0.4, -0.2) is 21.5 Å². The Morgan fingerprint density at radius 3 is 2.46 bits per heavy atom. The third kappa shape index (κ3) is 3.43. The van der Waals surface area contributed by atoms with Crippen LogP contribution < -0.4 is 11.0 Å². The summed E-state index contributed by atoms with van der Waals surface area (Å²) in [6, 6.07) is 18.2. The molecule has 2 N–H and O–H groups in total. The Morgan fingerprint density at radius 2 is 1.69 bits per heavy atom. The number of amides is 1. The first kappa shape index (κ1) is 16.6. The Balaban J connectivity index is 1.36. The Labute approximate surface area is 152 Å². The number of rotatable bonds is 4. The van der Waals surface area contributed by atoms with Gasteiger partial charge >= 0.3 is 5.69 Å². The fraction of sp³-hybridized carbons (Fsp3) is 0.333. The summed E-state index contributed by atoms with van der Waals surface area (Å²) in [6.45, 7) is 0.0570. The highest BCUT2D eigenvalue weighted by Gasteiger charge is 2.23. The van der Waals surface area contributed by atoms with Crippen LogP contribution in [0.4, 0.5) is 0 Å². The van der Waals surface area contributed by atoms with E-state index in [2.05, 4.69) is 34.6 Å². The molecule has 0 saturated heterocycles. The van der Waals surface area contributed by atoms with E-state index in [1.54, 1.807) is 0 Å². The van der Waals surface area contributed by atoms with Crippen LogP contribution in [0, 0.1) is 0 Å². The average molecular weight is 349 g/mol. The molecule has 0 unspecified atom stereocenters. The first-order valence-electron chi connectivity index (χ1n) is 9.22. The van der Waals surface area contributed by atoms with Crippen LogP contribution in [0.1, 0.15) is 37.2 Å². The van der Waals surface area contributed by atoms with Crippen molar-refractivity contribution in [1.82, 2.24) is 14.9 Å². The van der Waals surface area contributed by atoms with Gasteiger partial charge in [-0.2, -0.15) is 0 Å². The summed E-state index contributed by atoms with van der Waals surface area (Å²) < 4.78 is 1.50. The van der Waals surface area contributed by atoms with Gasteiger partial charge in [-0.3, -0.25) is 9.36 Å². The summed E-state index contributed by atoms with van der Waals surface area (Å²) in [5.41, 5.74) is 2.67. The van der Waals surface area contributed by atoms with Gasteiger partial charge in [0.25, 0.3) is 0 Å². The van der Waals surface area contributed by atoms with E-state index in [4.69, 9.17) is 0 Å². The van der Waals surface area contributed by atoms with Crippen molar-refractivity contribution >= 4 is 16.9 Å². The minimum atomic E-state index is -0.242. The van der Waals surface area contributed by atoms with E-state index in [0.717, 1.165) is 36.7 Å². The number of carbonyl (C=O) groups is 1. The fourth-order valence-electron chi connectivity index (χ4n) is 3.98. The Kier molecular flexibility index (Phi) is 4.61. The van der Waals surface area contributed by atoms with Crippen LogP contribution in [0.15, 0.2) is 59.4 Å². The van der Waals surface area contributed by atoms with Gasteiger partial charge in [0.2, 0.25) is 5.91 Å². The molecule has 5 heteroatoms. The van der Waals surface area contributed by atoms with E-state index in [1.165, 1.54) is 10.1 Å². The number of imidazole rings is 1. The number of benzene rings is 2. The number of H-pyrrole nitrogens is 1. The van der Waals surface area contributed by atoms with Gasteiger partial charge in [0.15, 0.2) is 0 Å². The summed E-state index contributed by atoms with van der Waals surface area (Å²) in [7, 11) is 0. The van der Waals surface area contributed by atoms with Crippen LogP contribution in [0.25, 0.3) is 11.0 Å². The molecular formula is C21H23N3O2. The van der Waals surface area contributed by atoms with E-state index >= 15 is 0 Å². The van der Waals surface area contributed by atoms with Gasteiger partial charge in [-0.05, 0) is 49.3 Å². The summed E-state index contributed by atoms with van der Waals surface area (Å²) in [5.74, 6) is 0.487. The third-order valence-electron chi connectivity index (χ3n) is 5.35. The first-order chi connectivity index (χ1) is 12.7. The summed E-state index contributed by atoms with van der Waals surface area (Å²) in [4.78, 5) is 27.3. The number of fused-ring (bicyclic) bond motifs is 1. The molecule has 1 amide bonds. The van der Waals surface area contributed by atoms with Gasteiger partial charge in [0, 0.05) is 6.04 Å². The van der Waals surface area contributed by atoms with Gasteiger partial charge in [-0.1, -0.05) is 42.5 Å². The number of aromatic nitrogens is 2. The molecule has 134 valence electrons. The first-order valence-corrected chi connectivity index (χ1v) is 9.22. The molecule has 1 aromatic heterocycles. The Bertz CT molecular complexity index is 950. The highest BCUT2D eigenvalue weighted by Crippen LogP contribution is 2.32. The number of nitrogens with one attached hydrogen (secondary N) is 2. The van der Waals surface area contributed by atoms with E-state index < -0.39 is 0 Å². The highest BCUT2D eigenvalue weighted by molar-refractivity contribution is 5.80. The van der Waals surface area contributed by atoms with E-state index in [1.807, 2.05) is 30.3 Å². The maximum absolute atomic E-state index is 12.4. The normalized spacial score (nSPS) is 20.2. The van der Waals surface area contributed by atoms with Crippen molar-refractivity contribution < 1.29 is 4.79 Å². The molecule has 26 heavy (non-hydrogen) atoms. The summed E-state index contributed by atoms with van der Waals surface area (Å²) in [6.07, 6.45) is 4.13. The molecule has 1 aliphatic rings. The van der Waals surface area contributed by atoms with Gasteiger partial charge < -0.3 is 10.3 Å². The van der Waals surface area contributed by atoms with Crippen LogP contribution in [-0.2, 0) is 11.3 Å². The number of para-hydroxylation sites is 2. The summed E-state index contributed by atoms with van der Waals surface area (Å²) in [5, 5.41) is 3.11. The van der Waals surface area contributed by atoms with Crippen molar-refractivity contribution in [1.29, 1.82) is 0 Å². The number of carbonyl (C=O) groups excluding carboxylic acids is 1. The molecule has 5 nitrogen and oxygen atoms in total. The molecular weight excluding hydrogens is 326 g/mol. The molecule has 3 aromatic rings. The second-order valence-electron chi connectivity index (χ2n) is 7.06. The standard InChI is InChI=1S/C21H23N3O2/c25-20(14-24-19-9-5-4-8-18(19)23-21(24)26)22-17-12-10-16(11-13-17)15-6-2-1-3-7-15/h1-9,16-17H,10-14H2,(H,22,25)(H,23,26). The van der Waals surface area contributed by atoms with E-state index in [0.29, 0.717) is 5.92 Å². The zero-order valence-corrected chi connectivity index (χ0v) is 14.7. The molecule has 2 aromatic carbocycles. The second-order valence-corrected chi connectivity index (χ2v) is 7.06. The molecule has 0 atom stereocenters. The highest BCUT2D eigenvalue weighted by atomic mass is 16.2. The number of nitrogens with zero attached hydrogens (tertiary/aromatic N) is 1. The predicted octanol–water partition coefficient (Wildman–Crippen LogP) is 3.17. The molecule has 0 bridgehead atoms. The molecule has 0 spiro atoms. The lowest BCUT2D eigenvalue weighted by Crippen LogP contribution is -2.40. The van der Waals surface area contributed by atoms with Gasteiger partial charge in [-0.25, -0.2) is 4.79 Å². The van der Waals surface area contributed by atoms with E-state index in [9.17, 15) is 9.59 Å². The number of hydrogen-bond donors (Lipinski definition) is 2. The van der Waals surface area contributed by atoms with Crippen molar-refractivity contribution in [3.05, 3.63) is 70.6 Å². The van der Waals surface area contributed by atoms with Crippen molar-refractivity contribution in [2.75, 3.05) is 0 Å². The van der Waals surface area contributed by atoms with Crippen LogP contribution >= 0.6 is 0 Å². The molecule has 1 saturated carbocycles. The molecule has 1 fully saturated rings. The fourth-order valence-corrected chi connectivity index (χ4v) is 3.98. The minimum absolute atomic E-state index is 0.0570. The summed E-state index contributed by atoms with van der Waals surface area (Å²) >= 11 is 0. The van der Waals surface area contributed by atoms with Crippen LogP contribution in [0.5, 0.6) is 0 Å². The second kappa shape index (κ2) is 7.20. The van der Waals surface area contributed by atoms with Crippen molar-refractivity contribution in [2.24, 2.45) is 0 Å². The minimum Gasteiger partial charge on any atom is -0.352 e. The average Bonchev–Trinajstić information content (AvgIpc) is 2.98. The van der Waals surface area contributed by atoms with E-state index in [-0.39, 0.29) is 24.2 Å².